The molecule has 220 valence electrons. The van der Waals surface area contributed by atoms with Gasteiger partial charge in [-0.1, -0.05) is 24.3 Å². The molecule has 0 spiro atoms. The number of carboxylic acids is 2. The molecule has 1 atom stereocenters. The fourth-order valence-corrected chi connectivity index (χ4v) is 4.05. The number of carbonyl (C=O) groups excluding carboxylic acids is 2. The molecule has 3 aromatic rings. The maximum absolute atomic E-state index is 13.1. The van der Waals surface area contributed by atoms with Crippen LogP contribution in [0.3, 0.4) is 0 Å². The smallest absolute Gasteiger partial charge is 0.480 e. The second-order valence-electron chi connectivity index (χ2n) is 8.78. The van der Waals surface area contributed by atoms with Crippen LogP contribution in [0.1, 0.15) is 28.0 Å². The third-order valence-corrected chi connectivity index (χ3v) is 6.18. The maximum Gasteiger partial charge on any atom is 0.490 e. The van der Waals surface area contributed by atoms with Crippen LogP contribution in [0.4, 0.5) is 18.9 Å². The van der Waals surface area contributed by atoms with E-state index in [-0.39, 0.29) is 12.3 Å². The number of aliphatic carboxylic acids is 2. The molecule has 3 rings (SSSR count). The number of carbonyl (C=O) groups is 4. The van der Waals surface area contributed by atoms with Crippen molar-refractivity contribution in [1.29, 1.82) is 0 Å². The lowest BCUT2D eigenvalue weighted by molar-refractivity contribution is -0.192. The van der Waals surface area contributed by atoms with Crippen molar-refractivity contribution >= 4 is 41.2 Å². The predicted molar refractivity (Wildman–Crippen MR) is 148 cm³/mol. The number of carboxylic acid groups (broad SMARTS) is 2. The highest BCUT2D eigenvalue weighted by atomic mass is 32.2. The summed E-state index contributed by atoms with van der Waals surface area (Å²) in [6.07, 6.45) is 0.664. The SMILES string of the molecule is CSCCC(NC(=O)c1ccc(NC(=O)Cc2cn(C)cn2)cc1-c1ccccc1C)C(=O)O.O=C(O)C(F)(F)F. The van der Waals surface area contributed by atoms with Crippen molar-refractivity contribution in [3.05, 3.63) is 71.8 Å². The van der Waals surface area contributed by atoms with E-state index < -0.39 is 30.1 Å². The van der Waals surface area contributed by atoms with Crippen LogP contribution in [0.15, 0.2) is 55.0 Å². The Morgan fingerprint density at radius 3 is 2.27 bits per heavy atom. The molecule has 41 heavy (non-hydrogen) atoms. The van der Waals surface area contributed by atoms with E-state index in [1.165, 1.54) is 11.8 Å². The van der Waals surface area contributed by atoms with Gasteiger partial charge in [0.05, 0.1) is 18.4 Å². The molecule has 4 N–H and O–H groups in total. The molecule has 1 aromatic heterocycles. The number of hydrogen-bond donors (Lipinski definition) is 4. The minimum absolute atomic E-state index is 0.124. The summed E-state index contributed by atoms with van der Waals surface area (Å²) in [7, 11) is 1.84. The first-order valence-corrected chi connectivity index (χ1v) is 13.4. The highest BCUT2D eigenvalue weighted by Gasteiger charge is 2.38. The lowest BCUT2D eigenvalue weighted by Gasteiger charge is -2.18. The number of nitrogens with zero attached hydrogens (tertiary/aromatic N) is 2. The van der Waals surface area contributed by atoms with Crippen LogP contribution in [-0.2, 0) is 27.9 Å². The average molecular weight is 595 g/mol. The Hall–Kier alpha value is -4.33. The van der Waals surface area contributed by atoms with E-state index in [0.29, 0.717) is 34.7 Å². The van der Waals surface area contributed by atoms with Gasteiger partial charge in [-0.25, -0.2) is 14.6 Å². The largest absolute Gasteiger partial charge is 0.490 e. The lowest BCUT2D eigenvalue weighted by Crippen LogP contribution is -2.41. The summed E-state index contributed by atoms with van der Waals surface area (Å²) < 4.78 is 33.5. The van der Waals surface area contributed by atoms with Gasteiger partial charge in [0.2, 0.25) is 5.91 Å². The van der Waals surface area contributed by atoms with E-state index in [0.717, 1.165) is 11.1 Å². The van der Waals surface area contributed by atoms with Gasteiger partial charge in [0.25, 0.3) is 5.91 Å². The van der Waals surface area contributed by atoms with Gasteiger partial charge in [0, 0.05) is 24.5 Å². The predicted octanol–water partition coefficient (Wildman–Crippen LogP) is 4.15. The average Bonchev–Trinajstić information content (AvgIpc) is 3.30. The van der Waals surface area contributed by atoms with Crippen molar-refractivity contribution in [3.63, 3.8) is 0 Å². The van der Waals surface area contributed by atoms with Crippen molar-refractivity contribution in [3.8, 4) is 11.1 Å². The lowest BCUT2D eigenvalue weighted by atomic mass is 9.94. The second-order valence-corrected chi connectivity index (χ2v) is 9.76. The number of benzene rings is 2. The topological polar surface area (TPSA) is 151 Å². The van der Waals surface area contributed by atoms with E-state index in [4.69, 9.17) is 9.90 Å². The Labute approximate surface area is 238 Å². The summed E-state index contributed by atoms with van der Waals surface area (Å²) in [5, 5.41) is 22.1. The summed E-state index contributed by atoms with van der Waals surface area (Å²) in [5.41, 5.74) is 3.91. The molecule has 2 amide bonds. The van der Waals surface area contributed by atoms with E-state index in [9.17, 15) is 32.7 Å². The maximum atomic E-state index is 13.1. The molecule has 0 aliphatic carbocycles. The molecular weight excluding hydrogens is 565 g/mol. The summed E-state index contributed by atoms with van der Waals surface area (Å²) in [6, 6.07) is 11.6. The number of aromatic nitrogens is 2. The first-order valence-electron chi connectivity index (χ1n) is 12.0. The van der Waals surface area contributed by atoms with Crippen molar-refractivity contribution in [2.24, 2.45) is 7.05 Å². The zero-order chi connectivity index (χ0) is 30.7. The highest BCUT2D eigenvalue weighted by Crippen LogP contribution is 2.30. The zero-order valence-corrected chi connectivity index (χ0v) is 23.2. The minimum atomic E-state index is -5.08. The first-order chi connectivity index (χ1) is 19.2. The summed E-state index contributed by atoms with van der Waals surface area (Å²) in [6.45, 7) is 1.93. The van der Waals surface area contributed by atoms with Gasteiger partial charge < -0.3 is 25.4 Å². The van der Waals surface area contributed by atoms with Crippen molar-refractivity contribution < 1.29 is 42.6 Å². The number of imidazole rings is 1. The number of alkyl halides is 3. The van der Waals surface area contributed by atoms with E-state index in [1.54, 1.807) is 35.3 Å². The summed E-state index contributed by atoms with van der Waals surface area (Å²) >= 11 is 1.52. The van der Waals surface area contributed by atoms with Crippen LogP contribution >= 0.6 is 11.8 Å². The Balaban J connectivity index is 0.000000745. The minimum Gasteiger partial charge on any atom is -0.480 e. The van der Waals surface area contributed by atoms with Gasteiger partial charge in [0.15, 0.2) is 0 Å². The van der Waals surface area contributed by atoms with Crippen LogP contribution in [-0.4, -0.2) is 67.7 Å². The molecule has 1 unspecified atom stereocenters. The fraction of sp³-hybridized carbons (Fsp3) is 0.296. The van der Waals surface area contributed by atoms with Crippen LogP contribution in [0.5, 0.6) is 0 Å². The molecular formula is C27H29F3N4O6S. The number of nitrogens with one attached hydrogen (secondary N) is 2. The van der Waals surface area contributed by atoms with Gasteiger partial charge in [-0.05, 0) is 60.2 Å². The zero-order valence-electron chi connectivity index (χ0n) is 22.4. The highest BCUT2D eigenvalue weighted by molar-refractivity contribution is 7.98. The van der Waals surface area contributed by atoms with Crippen LogP contribution in [0.2, 0.25) is 0 Å². The number of amides is 2. The molecule has 0 radical (unpaired) electrons. The van der Waals surface area contributed by atoms with Gasteiger partial charge in [-0.3, -0.25) is 9.59 Å². The van der Waals surface area contributed by atoms with E-state index >= 15 is 0 Å². The summed E-state index contributed by atoms with van der Waals surface area (Å²) in [5.74, 6) is -3.91. The number of aryl methyl sites for hydroxylation is 2. The molecule has 0 fully saturated rings. The molecule has 14 heteroatoms. The molecule has 0 aliphatic heterocycles. The van der Waals surface area contributed by atoms with Gasteiger partial charge in [0.1, 0.15) is 6.04 Å². The number of anilines is 1. The van der Waals surface area contributed by atoms with Crippen LogP contribution in [0, 0.1) is 6.92 Å². The Bertz CT molecular complexity index is 1390. The molecule has 0 saturated carbocycles. The number of hydrogen-bond acceptors (Lipinski definition) is 6. The van der Waals surface area contributed by atoms with Crippen LogP contribution in [0.25, 0.3) is 11.1 Å². The number of rotatable bonds is 10. The van der Waals surface area contributed by atoms with Crippen molar-refractivity contribution in [1.82, 2.24) is 14.9 Å². The molecule has 2 aromatic carbocycles. The van der Waals surface area contributed by atoms with E-state index in [1.807, 2.05) is 44.5 Å². The van der Waals surface area contributed by atoms with Crippen molar-refractivity contribution in [2.45, 2.75) is 32.0 Å². The molecule has 0 aliphatic rings. The van der Waals surface area contributed by atoms with Gasteiger partial charge >= 0.3 is 18.1 Å². The Kier molecular flexibility index (Phi) is 11.9. The molecule has 0 saturated heterocycles. The molecule has 1 heterocycles. The Morgan fingerprint density at radius 2 is 1.73 bits per heavy atom. The fourth-order valence-electron chi connectivity index (χ4n) is 3.57. The first kappa shape index (κ1) is 32.9. The van der Waals surface area contributed by atoms with E-state index in [2.05, 4.69) is 15.6 Å². The third kappa shape index (κ3) is 10.3. The molecule has 10 nitrogen and oxygen atoms in total. The normalized spacial score (nSPS) is 11.6. The number of thioether (sulfide) groups is 1. The molecule has 0 bridgehead atoms. The van der Waals surface area contributed by atoms with Gasteiger partial charge in [-0.2, -0.15) is 24.9 Å². The van der Waals surface area contributed by atoms with Crippen LogP contribution < -0.4 is 10.6 Å². The Morgan fingerprint density at radius 1 is 1.07 bits per heavy atom. The van der Waals surface area contributed by atoms with Gasteiger partial charge in [-0.15, -0.1) is 0 Å². The standard InChI is InChI=1S/C25H28N4O4S.C2HF3O2/c1-16-6-4-5-7-19(16)21-12-17(27-23(30)13-18-14-29(2)15-26-18)8-9-20(21)24(31)28-22(25(32)33)10-11-34-3;3-2(4,5)1(6)7/h4-9,12,14-15,22H,10-11,13H2,1-3H3,(H,27,30)(H,28,31)(H,32,33);(H,6,7). The van der Waals surface area contributed by atoms with Crippen molar-refractivity contribution in [2.75, 3.05) is 17.3 Å². The quantitative estimate of drug-likeness (QED) is 0.274. The third-order valence-electron chi connectivity index (χ3n) is 5.54. The second kappa shape index (κ2) is 14.9. The monoisotopic (exact) mass is 594 g/mol. The number of halogens is 3. The summed E-state index contributed by atoms with van der Waals surface area (Å²) in [4.78, 5) is 50.4.